The van der Waals surface area contributed by atoms with Gasteiger partial charge in [-0.15, -0.1) is 0 Å². The van der Waals surface area contributed by atoms with Gasteiger partial charge in [0.2, 0.25) is 0 Å². The van der Waals surface area contributed by atoms with Crippen molar-refractivity contribution in [3.05, 3.63) is 48.0 Å². The summed E-state index contributed by atoms with van der Waals surface area (Å²) >= 11 is 0. The van der Waals surface area contributed by atoms with E-state index in [2.05, 4.69) is 6.07 Å². The molecular formula is C17H17NO2. The number of ether oxygens (including phenoxy) is 2. The Balaban J connectivity index is 2.50. The second kappa shape index (κ2) is 6.12. The summed E-state index contributed by atoms with van der Waals surface area (Å²) in [6.07, 6.45) is 0.0232. The van der Waals surface area contributed by atoms with E-state index in [-0.39, 0.29) is 6.10 Å². The molecule has 0 fully saturated rings. The van der Waals surface area contributed by atoms with Crippen LogP contribution in [0.2, 0.25) is 0 Å². The lowest BCUT2D eigenvalue weighted by Gasteiger charge is -2.14. The van der Waals surface area contributed by atoms with E-state index in [1.165, 1.54) is 0 Å². The highest BCUT2D eigenvalue weighted by Gasteiger charge is 2.10. The number of hydrogen-bond donors (Lipinski definition) is 0. The number of hydrogen-bond acceptors (Lipinski definition) is 3. The van der Waals surface area contributed by atoms with Crippen molar-refractivity contribution in [3.63, 3.8) is 0 Å². The van der Waals surface area contributed by atoms with Crippen LogP contribution in [0.4, 0.5) is 0 Å². The van der Waals surface area contributed by atoms with Crippen molar-refractivity contribution in [2.45, 2.75) is 20.0 Å². The fourth-order valence-corrected chi connectivity index (χ4v) is 2.02. The molecule has 0 bridgehead atoms. The van der Waals surface area contributed by atoms with Crippen LogP contribution in [-0.2, 0) is 0 Å². The maximum Gasteiger partial charge on any atom is 0.138 e. The third kappa shape index (κ3) is 2.92. The van der Waals surface area contributed by atoms with Gasteiger partial charge >= 0.3 is 0 Å². The molecule has 0 aliphatic carbocycles. The highest BCUT2D eigenvalue weighted by atomic mass is 16.5. The molecule has 0 aliphatic heterocycles. The smallest absolute Gasteiger partial charge is 0.138 e. The van der Waals surface area contributed by atoms with Crippen LogP contribution in [0.25, 0.3) is 11.1 Å². The Morgan fingerprint density at radius 1 is 1.05 bits per heavy atom. The molecule has 3 heteroatoms. The number of nitriles is 1. The van der Waals surface area contributed by atoms with Gasteiger partial charge in [-0.25, -0.2) is 0 Å². The Morgan fingerprint density at radius 2 is 1.80 bits per heavy atom. The van der Waals surface area contributed by atoms with Crippen molar-refractivity contribution in [2.24, 2.45) is 0 Å². The topological polar surface area (TPSA) is 42.2 Å². The molecule has 2 aromatic rings. The van der Waals surface area contributed by atoms with Crippen molar-refractivity contribution in [1.29, 1.82) is 5.26 Å². The molecule has 0 heterocycles. The number of benzene rings is 2. The zero-order valence-electron chi connectivity index (χ0n) is 11.9. The van der Waals surface area contributed by atoms with E-state index in [1.807, 2.05) is 50.2 Å². The van der Waals surface area contributed by atoms with E-state index in [1.54, 1.807) is 13.2 Å². The zero-order valence-corrected chi connectivity index (χ0v) is 11.9. The van der Waals surface area contributed by atoms with Gasteiger partial charge in [0.15, 0.2) is 0 Å². The van der Waals surface area contributed by atoms with Gasteiger partial charge in [-0.05, 0) is 37.6 Å². The fraction of sp³-hybridized carbons (Fsp3) is 0.235. The largest absolute Gasteiger partial charge is 0.496 e. The van der Waals surface area contributed by atoms with E-state index in [0.29, 0.717) is 11.3 Å². The van der Waals surface area contributed by atoms with Gasteiger partial charge < -0.3 is 9.47 Å². The van der Waals surface area contributed by atoms with Crippen molar-refractivity contribution in [2.75, 3.05) is 7.11 Å². The average Bonchev–Trinajstić information content (AvgIpc) is 2.46. The normalized spacial score (nSPS) is 10.2. The number of nitrogens with zero attached hydrogens (tertiary/aromatic N) is 1. The van der Waals surface area contributed by atoms with Gasteiger partial charge in [-0.1, -0.05) is 24.3 Å². The second-order valence-electron chi connectivity index (χ2n) is 4.69. The maximum atomic E-state index is 9.14. The predicted octanol–water partition coefficient (Wildman–Crippen LogP) is 4.02. The third-order valence-electron chi connectivity index (χ3n) is 2.88. The lowest BCUT2D eigenvalue weighted by Crippen LogP contribution is -2.06. The fourth-order valence-electron chi connectivity index (χ4n) is 2.02. The first-order chi connectivity index (χ1) is 9.65. The molecule has 2 rings (SSSR count). The lowest BCUT2D eigenvalue weighted by molar-refractivity contribution is 0.242. The first-order valence-electron chi connectivity index (χ1n) is 6.50. The molecule has 0 N–H and O–H groups in total. The summed E-state index contributed by atoms with van der Waals surface area (Å²) in [5, 5.41) is 9.14. The van der Waals surface area contributed by atoms with E-state index in [4.69, 9.17) is 14.7 Å². The first-order valence-corrected chi connectivity index (χ1v) is 6.50. The van der Waals surface area contributed by atoms with Gasteiger partial charge in [0.25, 0.3) is 0 Å². The Bertz CT molecular complexity index is 642. The van der Waals surface area contributed by atoms with Crippen LogP contribution in [0, 0.1) is 11.3 Å². The van der Waals surface area contributed by atoms with Gasteiger partial charge in [0.05, 0.1) is 18.8 Å². The van der Waals surface area contributed by atoms with Crippen LogP contribution in [-0.4, -0.2) is 13.2 Å². The molecule has 0 aromatic heterocycles. The van der Waals surface area contributed by atoms with Crippen molar-refractivity contribution in [3.8, 4) is 28.7 Å². The minimum absolute atomic E-state index is 0.0232. The summed E-state index contributed by atoms with van der Waals surface area (Å²) in [5.41, 5.74) is 2.49. The SMILES string of the molecule is COc1ccccc1-c1ccc(C#N)c(OC(C)C)c1. The van der Waals surface area contributed by atoms with E-state index in [9.17, 15) is 0 Å². The third-order valence-corrected chi connectivity index (χ3v) is 2.88. The molecule has 0 saturated carbocycles. The summed E-state index contributed by atoms with van der Waals surface area (Å²) in [7, 11) is 1.65. The lowest BCUT2D eigenvalue weighted by atomic mass is 10.0. The van der Waals surface area contributed by atoms with Crippen LogP contribution in [0.1, 0.15) is 19.4 Å². The Hall–Kier alpha value is -2.47. The molecule has 2 aromatic carbocycles. The predicted molar refractivity (Wildman–Crippen MR) is 78.9 cm³/mol. The molecule has 0 unspecified atom stereocenters. The van der Waals surface area contributed by atoms with Crippen LogP contribution in [0.3, 0.4) is 0 Å². The molecule has 0 aliphatic rings. The summed E-state index contributed by atoms with van der Waals surface area (Å²) < 4.78 is 11.1. The van der Waals surface area contributed by atoms with Gasteiger partial charge in [-0.3, -0.25) is 0 Å². The summed E-state index contributed by atoms with van der Waals surface area (Å²) in [4.78, 5) is 0. The standard InChI is InChI=1S/C17H17NO2/c1-12(2)20-17-10-13(8-9-14(17)11-18)15-6-4-5-7-16(15)19-3/h4-10,12H,1-3H3. The van der Waals surface area contributed by atoms with Gasteiger partial charge in [0.1, 0.15) is 17.6 Å². The summed E-state index contributed by atoms with van der Waals surface area (Å²) in [6, 6.07) is 15.5. The highest BCUT2D eigenvalue weighted by molar-refractivity contribution is 5.72. The molecule has 0 amide bonds. The van der Waals surface area contributed by atoms with Crippen LogP contribution in [0.15, 0.2) is 42.5 Å². The van der Waals surface area contributed by atoms with Gasteiger partial charge in [-0.2, -0.15) is 5.26 Å². The molecule has 20 heavy (non-hydrogen) atoms. The van der Waals surface area contributed by atoms with E-state index in [0.717, 1.165) is 16.9 Å². The minimum atomic E-state index is 0.0232. The molecule has 0 radical (unpaired) electrons. The molecule has 0 spiro atoms. The van der Waals surface area contributed by atoms with Crippen LogP contribution < -0.4 is 9.47 Å². The molecule has 3 nitrogen and oxygen atoms in total. The maximum absolute atomic E-state index is 9.14. The monoisotopic (exact) mass is 267 g/mol. The Kier molecular flexibility index (Phi) is 4.27. The van der Waals surface area contributed by atoms with E-state index < -0.39 is 0 Å². The molecular weight excluding hydrogens is 250 g/mol. The quantitative estimate of drug-likeness (QED) is 0.840. The summed E-state index contributed by atoms with van der Waals surface area (Å²) in [5.74, 6) is 1.40. The van der Waals surface area contributed by atoms with Crippen molar-refractivity contribution in [1.82, 2.24) is 0 Å². The van der Waals surface area contributed by atoms with Gasteiger partial charge in [0, 0.05) is 5.56 Å². The van der Waals surface area contributed by atoms with Crippen LogP contribution in [0.5, 0.6) is 11.5 Å². The molecule has 0 saturated heterocycles. The molecule has 102 valence electrons. The molecule has 0 atom stereocenters. The first kappa shape index (κ1) is 14.0. The highest BCUT2D eigenvalue weighted by Crippen LogP contribution is 2.33. The number of rotatable bonds is 4. The van der Waals surface area contributed by atoms with E-state index >= 15 is 0 Å². The second-order valence-corrected chi connectivity index (χ2v) is 4.69. The van der Waals surface area contributed by atoms with Crippen molar-refractivity contribution < 1.29 is 9.47 Å². The van der Waals surface area contributed by atoms with Crippen LogP contribution >= 0.6 is 0 Å². The zero-order chi connectivity index (χ0) is 14.5. The minimum Gasteiger partial charge on any atom is -0.496 e. The summed E-state index contributed by atoms with van der Waals surface area (Å²) in [6.45, 7) is 3.88. The number of methoxy groups -OCH3 is 1. The van der Waals surface area contributed by atoms with Crippen molar-refractivity contribution >= 4 is 0 Å². The Morgan fingerprint density at radius 3 is 2.45 bits per heavy atom. The average molecular weight is 267 g/mol. The number of para-hydroxylation sites is 1. The Labute approximate surface area is 119 Å².